The monoisotopic (exact) mass is 324 g/mol. The molecule has 2 aromatic rings. The molecule has 122 valence electrons. The Morgan fingerprint density at radius 1 is 1.17 bits per heavy atom. The normalized spacial score (nSPS) is 17.4. The van der Waals surface area contributed by atoms with Crippen LogP contribution in [0.5, 0.6) is 0 Å². The molecule has 1 fully saturated rings. The lowest BCUT2D eigenvalue weighted by atomic mass is 9.97. The number of carbonyl (C=O) groups excluding carboxylic acids is 2. The highest BCUT2D eigenvalue weighted by Crippen LogP contribution is 2.30. The molecule has 1 atom stereocenters. The fourth-order valence-corrected chi connectivity index (χ4v) is 2.97. The molecule has 1 heterocycles. The first-order valence-electron chi connectivity index (χ1n) is 7.62. The Kier molecular flexibility index (Phi) is 4.12. The number of carbonyl (C=O) groups is 2. The Balaban J connectivity index is 1.80. The minimum atomic E-state index is -0.516. The molecule has 2 amide bonds. The number of nitro groups is 1. The van der Waals surface area contributed by atoms with Crippen molar-refractivity contribution < 1.29 is 14.5 Å². The largest absolute Gasteiger partial charge is 0.274 e. The van der Waals surface area contributed by atoms with Crippen LogP contribution in [0.3, 0.4) is 0 Å². The topological polar surface area (TPSA) is 80.5 Å². The van der Waals surface area contributed by atoms with E-state index in [1.165, 1.54) is 24.3 Å². The third-order valence-electron chi connectivity index (χ3n) is 4.12. The summed E-state index contributed by atoms with van der Waals surface area (Å²) in [5.74, 6) is -0.920. The number of nitrogens with zero attached hydrogens (tertiary/aromatic N) is 2. The van der Waals surface area contributed by atoms with Crippen molar-refractivity contribution in [2.24, 2.45) is 5.92 Å². The molecule has 0 N–H and O–H groups in total. The van der Waals surface area contributed by atoms with Crippen LogP contribution < -0.4 is 4.90 Å². The van der Waals surface area contributed by atoms with E-state index in [1.807, 2.05) is 31.2 Å². The number of non-ortho nitro benzene ring substituents is 1. The number of imide groups is 1. The summed E-state index contributed by atoms with van der Waals surface area (Å²) in [6, 6.07) is 13.3. The third kappa shape index (κ3) is 3.03. The molecular weight excluding hydrogens is 308 g/mol. The van der Waals surface area contributed by atoms with Crippen molar-refractivity contribution in [3.8, 4) is 0 Å². The first kappa shape index (κ1) is 15.9. The lowest BCUT2D eigenvalue weighted by Crippen LogP contribution is -2.30. The average molecular weight is 324 g/mol. The lowest BCUT2D eigenvalue weighted by molar-refractivity contribution is -0.384. The van der Waals surface area contributed by atoms with Gasteiger partial charge in [0.05, 0.1) is 16.5 Å². The van der Waals surface area contributed by atoms with E-state index in [-0.39, 0.29) is 23.9 Å². The fraction of sp³-hybridized carbons (Fsp3) is 0.222. The van der Waals surface area contributed by atoms with Crippen molar-refractivity contribution in [1.82, 2.24) is 0 Å². The molecule has 3 rings (SSSR count). The maximum absolute atomic E-state index is 12.6. The van der Waals surface area contributed by atoms with Gasteiger partial charge < -0.3 is 0 Å². The molecule has 1 aliphatic rings. The molecule has 0 spiro atoms. The van der Waals surface area contributed by atoms with E-state index in [9.17, 15) is 19.7 Å². The molecule has 6 heteroatoms. The molecule has 2 aromatic carbocycles. The second-order valence-corrected chi connectivity index (χ2v) is 5.94. The number of nitro benzene ring substituents is 1. The Morgan fingerprint density at radius 2 is 1.88 bits per heavy atom. The molecule has 0 unspecified atom stereocenters. The number of hydrogen-bond acceptors (Lipinski definition) is 4. The summed E-state index contributed by atoms with van der Waals surface area (Å²) in [5.41, 5.74) is 2.43. The Morgan fingerprint density at radius 3 is 2.50 bits per heavy atom. The molecule has 0 saturated carbocycles. The van der Waals surface area contributed by atoms with E-state index in [1.54, 1.807) is 0 Å². The quantitative estimate of drug-likeness (QED) is 0.492. The number of anilines is 1. The maximum Gasteiger partial charge on any atom is 0.269 e. The number of rotatable bonds is 4. The summed E-state index contributed by atoms with van der Waals surface area (Å²) >= 11 is 0. The predicted molar refractivity (Wildman–Crippen MR) is 88.6 cm³/mol. The number of benzene rings is 2. The lowest BCUT2D eigenvalue weighted by Gasteiger charge is -2.15. The third-order valence-corrected chi connectivity index (χ3v) is 4.12. The first-order chi connectivity index (χ1) is 11.5. The van der Waals surface area contributed by atoms with Gasteiger partial charge in [0.2, 0.25) is 11.8 Å². The summed E-state index contributed by atoms with van der Waals surface area (Å²) in [7, 11) is 0. The fourth-order valence-electron chi connectivity index (χ4n) is 2.97. The smallest absolute Gasteiger partial charge is 0.269 e. The number of aryl methyl sites for hydroxylation is 1. The van der Waals surface area contributed by atoms with Gasteiger partial charge in [-0.1, -0.05) is 29.8 Å². The van der Waals surface area contributed by atoms with Gasteiger partial charge in [0.15, 0.2) is 0 Å². The van der Waals surface area contributed by atoms with Crippen LogP contribution in [-0.4, -0.2) is 16.7 Å². The van der Waals surface area contributed by atoms with Gasteiger partial charge >= 0.3 is 0 Å². The van der Waals surface area contributed by atoms with E-state index < -0.39 is 10.8 Å². The maximum atomic E-state index is 12.6. The van der Waals surface area contributed by atoms with Crippen molar-refractivity contribution >= 4 is 23.2 Å². The zero-order valence-corrected chi connectivity index (χ0v) is 13.1. The molecule has 0 aromatic heterocycles. The van der Waals surface area contributed by atoms with Crippen LogP contribution in [0.4, 0.5) is 11.4 Å². The van der Waals surface area contributed by atoms with Crippen molar-refractivity contribution in [3.63, 3.8) is 0 Å². The van der Waals surface area contributed by atoms with Gasteiger partial charge in [0, 0.05) is 18.6 Å². The second kappa shape index (κ2) is 6.23. The summed E-state index contributed by atoms with van der Waals surface area (Å²) in [5, 5.41) is 10.7. The van der Waals surface area contributed by atoms with Crippen molar-refractivity contribution in [3.05, 3.63) is 69.8 Å². The van der Waals surface area contributed by atoms with Crippen LogP contribution >= 0.6 is 0 Å². The van der Waals surface area contributed by atoms with Crippen LogP contribution in [0.15, 0.2) is 48.5 Å². The SMILES string of the molecule is Cc1cccc(C[C@@H]2CC(=O)N(c3ccc([N+](=O)[O-])cc3)C2=O)c1. The molecule has 1 aliphatic heterocycles. The zero-order chi connectivity index (χ0) is 17.3. The zero-order valence-electron chi connectivity index (χ0n) is 13.1. The molecule has 0 radical (unpaired) electrons. The standard InChI is InChI=1S/C18H16N2O4/c1-12-3-2-4-13(9-12)10-14-11-17(21)19(18(14)22)15-5-7-16(8-6-15)20(23)24/h2-9,14H,10-11H2,1H3/t14-/m1/s1. The summed E-state index contributed by atoms with van der Waals surface area (Å²) in [4.78, 5) is 36.2. The minimum Gasteiger partial charge on any atom is -0.274 e. The molecular formula is C18H16N2O4. The van der Waals surface area contributed by atoms with E-state index in [0.717, 1.165) is 16.0 Å². The summed E-state index contributed by atoms with van der Waals surface area (Å²) in [6.07, 6.45) is 0.666. The van der Waals surface area contributed by atoms with E-state index in [2.05, 4.69) is 0 Å². The van der Waals surface area contributed by atoms with Crippen LogP contribution in [0, 0.1) is 23.0 Å². The summed E-state index contributed by atoms with van der Waals surface area (Å²) < 4.78 is 0. The molecule has 6 nitrogen and oxygen atoms in total. The van der Waals surface area contributed by atoms with Gasteiger partial charge in [-0.25, -0.2) is 0 Å². The van der Waals surface area contributed by atoms with Crippen molar-refractivity contribution in [2.45, 2.75) is 19.8 Å². The average Bonchev–Trinajstić information content (AvgIpc) is 2.81. The highest BCUT2D eigenvalue weighted by Gasteiger charge is 2.39. The predicted octanol–water partition coefficient (Wildman–Crippen LogP) is 3.03. The van der Waals surface area contributed by atoms with Crippen LogP contribution in [0.25, 0.3) is 0 Å². The van der Waals surface area contributed by atoms with E-state index in [0.29, 0.717) is 12.1 Å². The van der Waals surface area contributed by atoms with Crippen LogP contribution in [-0.2, 0) is 16.0 Å². The van der Waals surface area contributed by atoms with Gasteiger partial charge in [0.25, 0.3) is 5.69 Å². The second-order valence-electron chi connectivity index (χ2n) is 5.94. The van der Waals surface area contributed by atoms with Gasteiger partial charge in [-0.3, -0.25) is 24.6 Å². The molecule has 24 heavy (non-hydrogen) atoms. The van der Waals surface area contributed by atoms with Crippen LogP contribution in [0.2, 0.25) is 0 Å². The Labute approximate surface area is 138 Å². The van der Waals surface area contributed by atoms with Gasteiger partial charge in [-0.05, 0) is 31.0 Å². The van der Waals surface area contributed by atoms with Gasteiger partial charge in [0.1, 0.15) is 0 Å². The highest BCUT2D eigenvalue weighted by atomic mass is 16.6. The minimum absolute atomic E-state index is 0.0749. The van der Waals surface area contributed by atoms with Crippen LogP contribution in [0.1, 0.15) is 17.5 Å². The van der Waals surface area contributed by atoms with Gasteiger partial charge in [-0.15, -0.1) is 0 Å². The van der Waals surface area contributed by atoms with Gasteiger partial charge in [-0.2, -0.15) is 0 Å². The number of amides is 2. The molecule has 0 bridgehead atoms. The highest BCUT2D eigenvalue weighted by molar-refractivity contribution is 6.21. The first-order valence-corrected chi connectivity index (χ1v) is 7.62. The summed E-state index contributed by atoms with van der Waals surface area (Å²) in [6.45, 7) is 1.98. The Hall–Kier alpha value is -3.02. The van der Waals surface area contributed by atoms with Crippen molar-refractivity contribution in [2.75, 3.05) is 4.90 Å². The van der Waals surface area contributed by atoms with E-state index >= 15 is 0 Å². The van der Waals surface area contributed by atoms with E-state index in [4.69, 9.17) is 0 Å². The Bertz CT molecular complexity index is 814. The molecule has 0 aliphatic carbocycles. The molecule has 1 saturated heterocycles. The van der Waals surface area contributed by atoms with Crippen molar-refractivity contribution in [1.29, 1.82) is 0 Å². The number of hydrogen-bond donors (Lipinski definition) is 0.